The van der Waals surface area contributed by atoms with E-state index in [-0.39, 0.29) is 17.0 Å². The number of hydrogen-bond donors (Lipinski definition) is 0. The van der Waals surface area contributed by atoms with Gasteiger partial charge in [0.2, 0.25) is 0 Å². The van der Waals surface area contributed by atoms with Crippen molar-refractivity contribution < 1.29 is 27.0 Å². The van der Waals surface area contributed by atoms with Crippen molar-refractivity contribution in [3.05, 3.63) is 63.9 Å². The van der Waals surface area contributed by atoms with Gasteiger partial charge < -0.3 is 9.47 Å². The average molecular weight is 433 g/mol. The van der Waals surface area contributed by atoms with Crippen LogP contribution in [0.5, 0.6) is 5.75 Å². The van der Waals surface area contributed by atoms with Crippen molar-refractivity contribution in [1.29, 1.82) is 0 Å². The molecule has 1 fully saturated rings. The van der Waals surface area contributed by atoms with Crippen LogP contribution >= 0.6 is 15.9 Å². The number of rotatable bonds is 7. The molecular weight excluding hydrogens is 416 g/mol. The SMILES string of the molecule is Fc1ccc(COCC2(c3ccc(OCC(F)(F)F)cc3)CC2)cc1Br. The summed E-state index contributed by atoms with van der Waals surface area (Å²) >= 11 is 3.15. The normalized spacial score (nSPS) is 15.7. The van der Waals surface area contributed by atoms with Crippen LogP contribution < -0.4 is 4.74 Å². The summed E-state index contributed by atoms with van der Waals surface area (Å²) in [6, 6.07) is 11.4. The Bertz CT molecular complexity index is 755. The lowest BCUT2D eigenvalue weighted by Crippen LogP contribution is -2.19. The molecule has 0 amide bonds. The molecule has 0 radical (unpaired) electrons. The van der Waals surface area contributed by atoms with E-state index in [9.17, 15) is 17.6 Å². The third-order valence-electron chi connectivity index (χ3n) is 4.35. The Morgan fingerprint density at radius 3 is 2.31 bits per heavy atom. The molecule has 0 saturated heterocycles. The molecule has 2 aromatic carbocycles. The third-order valence-corrected chi connectivity index (χ3v) is 4.96. The van der Waals surface area contributed by atoms with Crippen LogP contribution in [0.15, 0.2) is 46.9 Å². The lowest BCUT2D eigenvalue weighted by atomic mass is 9.97. The minimum Gasteiger partial charge on any atom is -0.484 e. The maximum absolute atomic E-state index is 13.2. The van der Waals surface area contributed by atoms with Gasteiger partial charge in [0.25, 0.3) is 0 Å². The fourth-order valence-corrected chi connectivity index (χ4v) is 3.16. The average Bonchev–Trinajstić information content (AvgIpc) is 3.37. The monoisotopic (exact) mass is 432 g/mol. The van der Waals surface area contributed by atoms with Crippen molar-refractivity contribution in [3.8, 4) is 5.75 Å². The molecule has 7 heteroatoms. The summed E-state index contributed by atoms with van der Waals surface area (Å²) in [5.41, 5.74) is 1.79. The first kappa shape index (κ1) is 19.2. The third kappa shape index (κ3) is 4.98. The van der Waals surface area contributed by atoms with E-state index in [1.54, 1.807) is 36.4 Å². The zero-order valence-corrected chi connectivity index (χ0v) is 15.4. The molecule has 0 aromatic heterocycles. The van der Waals surface area contributed by atoms with E-state index < -0.39 is 12.8 Å². The number of alkyl halides is 3. The summed E-state index contributed by atoms with van der Waals surface area (Å²) in [5, 5.41) is 0. The van der Waals surface area contributed by atoms with Crippen LogP contribution in [-0.4, -0.2) is 19.4 Å². The minimum atomic E-state index is -4.35. The van der Waals surface area contributed by atoms with Gasteiger partial charge >= 0.3 is 6.18 Å². The highest BCUT2D eigenvalue weighted by Crippen LogP contribution is 2.48. The topological polar surface area (TPSA) is 18.5 Å². The summed E-state index contributed by atoms with van der Waals surface area (Å²) in [7, 11) is 0. The van der Waals surface area contributed by atoms with E-state index in [1.807, 2.05) is 0 Å². The van der Waals surface area contributed by atoms with E-state index in [4.69, 9.17) is 9.47 Å². The van der Waals surface area contributed by atoms with Gasteiger partial charge in [-0.1, -0.05) is 18.2 Å². The van der Waals surface area contributed by atoms with Gasteiger partial charge in [0.1, 0.15) is 11.6 Å². The van der Waals surface area contributed by atoms with E-state index in [0.29, 0.717) is 17.7 Å². The molecule has 0 spiro atoms. The smallest absolute Gasteiger partial charge is 0.422 e. The number of halogens is 5. The molecular formula is C19H17BrF4O2. The number of hydrogen-bond acceptors (Lipinski definition) is 2. The van der Waals surface area contributed by atoms with E-state index in [1.165, 1.54) is 6.07 Å². The van der Waals surface area contributed by atoms with Gasteiger partial charge in [-0.05, 0) is 64.2 Å². The van der Waals surface area contributed by atoms with Crippen molar-refractivity contribution >= 4 is 15.9 Å². The van der Waals surface area contributed by atoms with Gasteiger partial charge in [0, 0.05) is 5.41 Å². The summed E-state index contributed by atoms with van der Waals surface area (Å²) in [6.07, 6.45) is -2.43. The highest BCUT2D eigenvalue weighted by atomic mass is 79.9. The van der Waals surface area contributed by atoms with Crippen LogP contribution in [0.1, 0.15) is 24.0 Å². The quantitative estimate of drug-likeness (QED) is 0.516. The second-order valence-corrected chi connectivity index (χ2v) is 7.30. The zero-order valence-electron chi connectivity index (χ0n) is 13.8. The molecule has 1 aliphatic rings. The second kappa shape index (κ2) is 7.56. The number of benzene rings is 2. The minimum absolute atomic E-state index is 0.0974. The fraction of sp³-hybridized carbons (Fsp3) is 0.368. The van der Waals surface area contributed by atoms with Gasteiger partial charge in [0.15, 0.2) is 6.61 Å². The molecule has 2 aromatic rings. The van der Waals surface area contributed by atoms with Crippen molar-refractivity contribution in [2.75, 3.05) is 13.2 Å². The first-order chi connectivity index (χ1) is 12.3. The highest BCUT2D eigenvalue weighted by Gasteiger charge is 2.44. The summed E-state index contributed by atoms with van der Waals surface area (Å²) in [5.74, 6) is -0.126. The van der Waals surface area contributed by atoms with Gasteiger partial charge in [-0.2, -0.15) is 13.2 Å². The molecule has 1 saturated carbocycles. The molecule has 1 aliphatic carbocycles. The fourth-order valence-electron chi connectivity index (χ4n) is 2.73. The molecule has 2 nitrogen and oxygen atoms in total. The van der Waals surface area contributed by atoms with Crippen molar-refractivity contribution in [2.24, 2.45) is 0 Å². The predicted octanol–water partition coefficient (Wildman–Crippen LogP) is 5.78. The van der Waals surface area contributed by atoms with Crippen molar-refractivity contribution in [2.45, 2.75) is 31.0 Å². The summed E-state index contributed by atoms with van der Waals surface area (Å²) in [4.78, 5) is 0. The van der Waals surface area contributed by atoms with Crippen LogP contribution in [0.4, 0.5) is 17.6 Å². The van der Waals surface area contributed by atoms with E-state index in [2.05, 4.69) is 15.9 Å². The van der Waals surface area contributed by atoms with Crippen molar-refractivity contribution in [1.82, 2.24) is 0 Å². The van der Waals surface area contributed by atoms with Gasteiger partial charge in [0.05, 0.1) is 17.7 Å². The molecule has 0 atom stereocenters. The maximum atomic E-state index is 13.2. The molecule has 0 N–H and O–H groups in total. The molecule has 0 unspecified atom stereocenters. The Kier molecular flexibility index (Phi) is 5.58. The van der Waals surface area contributed by atoms with Crippen LogP contribution in [-0.2, 0) is 16.8 Å². The van der Waals surface area contributed by atoms with Crippen LogP contribution in [0.2, 0.25) is 0 Å². The van der Waals surface area contributed by atoms with Crippen LogP contribution in [0.25, 0.3) is 0 Å². The van der Waals surface area contributed by atoms with Gasteiger partial charge in [-0.3, -0.25) is 0 Å². The molecule has 0 heterocycles. The molecule has 0 bridgehead atoms. The highest BCUT2D eigenvalue weighted by molar-refractivity contribution is 9.10. The number of ether oxygens (including phenoxy) is 2. The standard InChI is InChI=1S/C19H17BrF4O2/c20-16-9-13(1-6-17(16)21)10-25-11-18(7-8-18)14-2-4-15(5-3-14)26-12-19(22,23)24/h1-6,9H,7-8,10-12H2. The Morgan fingerprint density at radius 1 is 1.04 bits per heavy atom. The Morgan fingerprint density at radius 2 is 1.73 bits per heavy atom. The van der Waals surface area contributed by atoms with Gasteiger partial charge in [-0.25, -0.2) is 4.39 Å². The molecule has 140 valence electrons. The van der Waals surface area contributed by atoms with Crippen LogP contribution in [0, 0.1) is 5.82 Å². The second-order valence-electron chi connectivity index (χ2n) is 6.45. The largest absolute Gasteiger partial charge is 0.484 e. The molecule has 0 aliphatic heterocycles. The van der Waals surface area contributed by atoms with E-state index >= 15 is 0 Å². The lowest BCUT2D eigenvalue weighted by Gasteiger charge is -2.17. The molecule has 3 rings (SSSR count). The Balaban J connectivity index is 1.54. The Labute approximate surface area is 157 Å². The van der Waals surface area contributed by atoms with E-state index in [0.717, 1.165) is 24.0 Å². The van der Waals surface area contributed by atoms with Gasteiger partial charge in [-0.15, -0.1) is 0 Å². The summed E-state index contributed by atoms with van der Waals surface area (Å²) in [6.45, 7) is -0.425. The first-order valence-electron chi connectivity index (χ1n) is 8.09. The predicted molar refractivity (Wildman–Crippen MR) is 92.7 cm³/mol. The summed E-state index contributed by atoms with van der Waals surface area (Å²) < 4.78 is 60.7. The maximum Gasteiger partial charge on any atom is 0.422 e. The Hall–Kier alpha value is -1.60. The lowest BCUT2D eigenvalue weighted by molar-refractivity contribution is -0.153. The zero-order chi connectivity index (χ0) is 18.8. The van der Waals surface area contributed by atoms with Crippen molar-refractivity contribution in [3.63, 3.8) is 0 Å². The first-order valence-corrected chi connectivity index (χ1v) is 8.89. The molecule has 26 heavy (non-hydrogen) atoms. The van der Waals surface area contributed by atoms with Crippen LogP contribution in [0.3, 0.4) is 0 Å².